The van der Waals surface area contributed by atoms with Crippen LogP contribution in [0.5, 0.6) is 5.75 Å². The van der Waals surface area contributed by atoms with Gasteiger partial charge in [-0.3, -0.25) is 13.9 Å². The van der Waals surface area contributed by atoms with Crippen LogP contribution in [0.3, 0.4) is 0 Å². The van der Waals surface area contributed by atoms with Crippen molar-refractivity contribution < 1.29 is 22.7 Å². The molecular weight excluding hydrogens is 466 g/mol. The first-order valence-corrected chi connectivity index (χ1v) is 12.9. The lowest BCUT2D eigenvalue weighted by Crippen LogP contribution is -2.50. The van der Waals surface area contributed by atoms with Crippen LogP contribution in [-0.2, 0) is 21.4 Å². The second-order valence-electron chi connectivity index (χ2n) is 8.11. The number of fused-ring (bicyclic) bond motifs is 1. The average Bonchev–Trinajstić information content (AvgIpc) is 2.90. The van der Waals surface area contributed by atoms with Gasteiger partial charge in [-0.2, -0.15) is 0 Å². The lowest BCUT2D eigenvalue weighted by atomic mass is 10.1. The predicted octanol–water partition coefficient (Wildman–Crippen LogP) is 3.20. The Labute approximate surface area is 205 Å². The van der Waals surface area contributed by atoms with E-state index in [4.69, 9.17) is 4.74 Å². The number of nitrogens with zero attached hydrogens (tertiary/aromatic N) is 2. The van der Waals surface area contributed by atoms with E-state index in [-0.39, 0.29) is 24.1 Å². The highest BCUT2D eigenvalue weighted by Crippen LogP contribution is 2.34. The van der Waals surface area contributed by atoms with E-state index in [2.05, 4.69) is 5.32 Å². The van der Waals surface area contributed by atoms with E-state index in [1.54, 1.807) is 55.5 Å². The van der Waals surface area contributed by atoms with Gasteiger partial charge in [0.1, 0.15) is 5.75 Å². The van der Waals surface area contributed by atoms with Crippen LogP contribution in [-0.4, -0.2) is 45.7 Å². The molecule has 182 valence electrons. The molecule has 0 bridgehead atoms. The first kappa shape index (κ1) is 24.3. The van der Waals surface area contributed by atoms with E-state index in [0.29, 0.717) is 29.2 Å². The summed E-state index contributed by atoms with van der Waals surface area (Å²) in [5.74, 6) is -0.211. The van der Waals surface area contributed by atoms with Crippen molar-refractivity contribution in [3.05, 3.63) is 90.0 Å². The molecule has 1 atom stereocenters. The summed E-state index contributed by atoms with van der Waals surface area (Å²) in [7, 11) is -1.93. The fourth-order valence-electron chi connectivity index (χ4n) is 3.79. The molecule has 1 unspecified atom stereocenters. The zero-order chi connectivity index (χ0) is 25.0. The summed E-state index contributed by atoms with van der Waals surface area (Å²) in [5, 5.41) is 2.87. The third-order valence-corrected chi connectivity index (χ3v) is 7.66. The summed E-state index contributed by atoms with van der Waals surface area (Å²) in [5.41, 5.74) is 2.36. The van der Waals surface area contributed by atoms with Crippen LogP contribution >= 0.6 is 0 Å². The number of carbonyl (C=O) groups excluding carboxylic acids is 2. The molecule has 0 aliphatic carbocycles. The van der Waals surface area contributed by atoms with Crippen LogP contribution in [0.15, 0.2) is 78.9 Å². The summed E-state index contributed by atoms with van der Waals surface area (Å²) in [6, 6.07) is 23.0. The lowest BCUT2D eigenvalue weighted by molar-refractivity contribution is -0.128. The van der Waals surface area contributed by atoms with Crippen molar-refractivity contribution in [3.8, 4) is 5.75 Å². The number of hydrogen-bond donors (Lipinski definition) is 1. The number of sulfonamides is 1. The quantitative estimate of drug-likeness (QED) is 0.545. The molecule has 9 heteroatoms. The van der Waals surface area contributed by atoms with Gasteiger partial charge in [0.25, 0.3) is 11.8 Å². The number of rotatable bonds is 7. The fourth-order valence-corrected chi connectivity index (χ4v) is 4.62. The standard InChI is InChI=1S/C26H27N3O5S/c1-3-35(32,33)28(2)21-15-13-20(14-16-21)26(31)29-18-24(34-23-12-8-7-11-22(23)29)25(30)27-17-19-9-5-4-6-10-19/h4-16,24H,3,17-18H2,1-2H3,(H,27,30). The number of nitrogens with one attached hydrogen (secondary N) is 1. The molecule has 1 aliphatic heterocycles. The Bertz CT molecular complexity index is 1310. The minimum absolute atomic E-state index is 0.0253. The zero-order valence-corrected chi connectivity index (χ0v) is 20.4. The van der Waals surface area contributed by atoms with Crippen molar-refractivity contribution in [2.45, 2.75) is 19.6 Å². The van der Waals surface area contributed by atoms with Gasteiger partial charge < -0.3 is 15.0 Å². The number of ether oxygens (including phenoxy) is 1. The summed E-state index contributed by atoms with van der Waals surface area (Å²) in [6.07, 6.45) is -0.877. The van der Waals surface area contributed by atoms with Crippen molar-refractivity contribution in [1.29, 1.82) is 0 Å². The summed E-state index contributed by atoms with van der Waals surface area (Å²) >= 11 is 0. The van der Waals surface area contributed by atoms with Gasteiger partial charge in [-0.1, -0.05) is 42.5 Å². The van der Waals surface area contributed by atoms with Crippen molar-refractivity contribution in [1.82, 2.24) is 5.32 Å². The molecule has 3 aromatic rings. The molecule has 8 nitrogen and oxygen atoms in total. The van der Waals surface area contributed by atoms with Crippen molar-refractivity contribution in [3.63, 3.8) is 0 Å². The molecule has 3 aromatic carbocycles. The predicted molar refractivity (Wildman–Crippen MR) is 135 cm³/mol. The van der Waals surface area contributed by atoms with Gasteiger partial charge in [-0.25, -0.2) is 8.42 Å². The minimum atomic E-state index is -3.41. The first-order chi connectivity index (χ1) is 16.8. The van der Waals surface area contributed by atoms with Gasteiger partial charge in [-0.15, -0.1) is 0 Å². The van der Waals surface area contributed by atoms with Gasteiger partial charge >= 0.3 is 0 Å². The smallest absolute Gasteiger partial charge is 0.263 e. The van der Waals surface area contributed by atoms with Crippen molar-refractivity contribution in [2.75, 3.05) is 28.6 Å². The van der Waals surface area contributed by atoms with E-state index < -0.39 is 16.1 Å². The fraction of sp³-hybridized carbons (Fsp3) is 0.231. The van der Waals surface area contributed by atoms with Gasteiger partial charge in [0.05, 0.1) is 23.7 Å². The number of benzene rings is 3. The second kappa shape index (κ2) is 10.2. The van der Waals surface area contributed by atoms with Crippen LogP contribution in [0.4, 0.5) is 11.4 Å². The van der Waals surface area contributed by atoms with Crippen molar-refractivity contribution >= 4 is 33.2 Å². The Balaban J connectivity index is 1.53. The molecule has 0 saturated carbocycles. The highest BCUT2D eigenvalue weighted by Gasteiger charge is 2.34. The molecule has 35 heavy (non-hydrogen) atoms. The maximum Gasteiger partial charge on any atom is 0.263 e. The Morgan fingerprint density at radius 3 is 2.34 bits per heavy atom. The van der Waals surface area contributed by atoms with E-state index in [0.717, 1.165) is 5.56 Å². The molecular formula is C26H27N3O5S. The van der Waals surface area contributed by atoms with Crippen LogP contribution < -0.4 is 19.3 Å². The highest BCUT2D eigenvalue weighted by atomic mass is 32.2. The SMILES string of the molecule is CCS(=O)(=O)N(C)c1ccc(C(=O)N2CC(C(=O)NCc3ccccc3)Oc3ccccc32)cc1. The first-order valence-electron chi connectivity index (χ1n) is 11.3. The molecule has 0 fully saturated rings. The molecule has 0 radical (unpaired) electrons. The topological polar surface area (TPSA) is 96.0 Å². The minimum Gasteiger partial charge on any atom is -0.477 e. The average molecular weight is 494 g/mol. The van der Waals surface area contributed by atoms with Gasteiger partial charge in [0, 0.05) is 19.2 Å². The number of amides is 2. The van der Waals surface area contributed by atoms with Gasteiger partial charge in [-0.05, 0) is 48.9 Å². The van der Waals surface area contributed by atoms with E-state index in [9.17, 15) is 18.0 Å². The molecule has 1 aliphatic rings. The van der Waals surface area contributed by atoms with Gasteiger partial charge in [0.15, 0.2) is 6.10 Å². The summed E-state index contributed by atoms with van der Waals surface area (Å²) in [6.45, 7) is 1.97. The second-order valence-corrected chi connectivity index (χ2v) is 10.4. The molecule has 0 spiro atoms. The number of hydrogen-bond acceptors (Lipinski definition) is 5. The maximum atomic E-state index is 13.5. The number of carbonyl (C=O) groups is 2. The highest BCUT2D eigenvalue weighted by molar-refractivity contribution is 7.92. The molecule has 2 amide bonds. The van der Waals surface area contributed by atoms with Crippen molar-refractivity contribution in [2.24, 2.45) is 0 Å². The Morgan fingerprint density at radius 2 is 1.66 bits per heavy atom. The van der Waals surface area contributed by atoms with Crippen LogP contribution in [0, 0.1) is 0 Å². The normalized spacial score (nSPS) is 15.0. The van der Waals surface area contributed by atoms with Crippen LogP contribution in [0.2, 0.25) is 0 Å². The van der Waals surface area contributed by atoms with E-state index in [1.165, 1.54) is 16.3 Å². The molecule has 0 aromatic heterocycles. The molecule has 4 rings (SSSR count). The number of anilines is 2. The Morgan fingerprint density at radius 1 is 1.00 bits per heavy atom. The number of para-hydroxylation sites is 2. The zero-order valence-electron chi connectivity index (χ0n) is 19.5. The maximum absolute atomic E-state index is 13.5. The van der Waals surface area contributed by atoms with E-state index >= 15 is 0 Å². The molecule has 0 saturated heterocycles. The Hall–Kier alpha value is -3.85. The van der Waals surface area contributed by atoms with Gasteiger partial charge in [0.2, 0.25) is 10.0 Å². The monoisotopic (exact) mass is 493 g/mol. The summed E-state index contributed by atoms with van der Waals surface area (Å²) < 4.78 is 31.4. The summed E-state index contributed by atoms with van der Waals surface area (Å²) in [4.78, 5) is 27.9. The van der Waals surface area contributed by atoms with E-state index in [1.807, 2.05) is 30.3 Å². The third-order valence-electron chi connectivity index (χ3n) is 5.88. The van der Waals surface area contributed by atoms with Crippen LogP contribution in [0.1, 0.15) is 22.8 Å². The molecule has 1 heterocycles. The molecule has 1 N–H and O–H groups in total. The largest absolute Gasteiger partial charge is 0.477 e. The van der Waals surface area contributed by atoms with Crippen LogP contribution in [0.25, 0.3) is 0 Å². The third kappa shape index (κ3) is 5.30. The lowest BCUT2D eigenvalue weighted by Gasteiger charge is -2.34. The Kier molecular flexibility index (Phi) is 7.07.